The summed E-state index contributed by atoms with van der Waals surface area (Å²) >= 11 is 0. The molecule has 0 aliphatic carbocycles. The summed E-state index contributed by atoms with van der Waals surface area (Å²) in [6.45, 7) is 7.91. The summed E-state index contributed by atoms with van der Waals surface area (Å²) in [5.74, 6) is -6.39. The molecule has 0 radical (unpaired) electrons. The number of hydrogen-bond donors (Lipinski definition) is 13. The highest BCUT2D eigenvalue weighted by molar-refractivity contribution is 5.96. The number of piperidine rings is 1. The number of hydrogen-bond acceptors (Lipinski definition) is 21. The van der Waals surface area contributed by atoms with Crippen LogP contribution in [0, 0.1) is 17.8 Å². The van der Waals surface area contributed by atoms with Crippen LogP contribution in [0.25, 0.3) is 0 Å². The number of ketones is 2. The number of aliphatic hydroxyl groups is 10. The monoisotopic (exact) mass is 1240 g/mol. The van der Waals surface area contributed by atoms with Crippen LogP contribution in [0.3, 0.4) is 0 Å². The van der Waals surface area contributed by atoms with Crippen LogP contribution in [0.15, 0.2) is 109 Å². The topological polar surface area (TPSA) is 361 Å². The van der Waals surface area contributed by atoms with E-state index in [2.05, 4.69) is 15.5 Å². The molecule has 22 heteroatoms. The second kappa shape index (κ2) is 37.9. The number of aliphatic hydroxyl groups excluding tert-OH is 9. The number of benzene rings is 1. The van der Waals surface area contributed by atoms with Gasteiger partial charge in [0.05, 0.1) is 85.5 Å². The predicted molar refractivity (Wildman–Crippen MR) is 331 cm³/mol. The van der Waals surface area contributed by atoms with Gasteiger partial charge in [-0.3, -0.25) is 19.2 Å². The van der Waals surface area contributed by atoms with Crippen molar-refractivity contribution in [3.05, 3.63) is 115 Å². The molecule has 0 aromatic heterocycles. The summed E-state index contributed by atoms with van der Waals surface area (Å²) in [5, 5.41) is 117. The average molecular weight is 1240 g/mol. The molecule has 3 saturated heterocycles. The third kappa shape index (κ3) is 25.6. The first kappa shape index (κ1) is 73.6. The molecule has 3 fully saturated rings. The van der Waals surface area contributed by atoms with E-state index < -0.39 is 160 Å². The summed E-state index contributed by atoms with van der Waals surface area (Å²) in [5.41, 5.74) is 7.48. The molecule has 0 spiro atoms. The van der Waals surface area contributed by atoms with Crippen LogP contribution in [-0.4, -0.2) is 210 Å². The lowest BCUT2D eigenvalue weighted by molar-refractivity contribution is -0.307. The Bertz CT molecular complexity index is 2500. The van der Waals surface area contributed by atoms with Gasteiger partial charge in [0.15, 0.2) is 17.9 Å². The van der Waals surface area contributed by atoms with Gasteiger partial charge in [-0.15, -0.1) is 0 Å². The van der Waals surface area contributed by atoms with Crippen LogP contribution in [0.2, 0.25) is 0 Å². The largest absolute Gasteiger partial charge is 0.461 e. The van der Waals surface area contributed by atoms with Gasteiger partial charge in [0, 0.05) is 75.8 Å². The Morgan fingerprint density at radius 3 is 1.93 bits per heavy atom. The van der Waals surface area contributed by atoms with Gasteiger partial charge in [-0.25, -0.2) is 0 Å². The first-order valence-corrected chi connectivity index (χ1v) is 31.2. The summed E-state index contributed by atoms with van der Waals surface area (Å²) in [4.78, 5) is 55.8. The van der Waals surface area contributed by atoms with Crippen LogP contribution in [0.1, 0.15) is 127 Å². The fourth-order valence-corrected chi connectivity index (χ4v) is 11.7. The fraction of sp³-hybridized carbons (Fsp3) is 0.636. The van der Waals surface area contributed by atoms with Crippen molar-refractivity contribution in [2.75, 3.05) is 38.5 Å². The molecular formula is C66H100N4O18. The van der Waals surface area contributed by atoms with E-state index in [1.54, 1.807) is 99.0 Å². The lowest BCUT2D eigenvalue weighted by Crippen LogP contribution is -2.62. The number of fused-ring (bicyclic) bond motifs is 2. The van der Waals surface area contributed by atoms with E-state index in [9.17, 15) is 70.2 Å². The Hall–Kier alpha value is -5.12. The molecule has 19 unspecified atom stereocenters. The molecule has 492 valence electrons. The van der Waals surface area contributed by atoms with E-state index in [1.165, 1.54) is 0 Å². The molecule has 4 aliphatic rings. The zero-order valence-electron chi connectivity index (χ0n) is 51.5. The SMILES string of the molecule is CNc1ccc(C(=O)CC(O)CCC(C)C2OC(=O)CC(O)CC(=O)CC(O)CC(O)CC(O)CC(O)CC3(O)CC(O)C(C(=O)NCCN4CCCCC4)C(CC(OC4OC(C)C(O)C(N)C4O)/C=C/C=C/C=C/C=C\C=C/C=C/C=C/C2C)O3)cc1. The number of carbonyl (C=O) groups is 4. The summed E-state index contributed by atoms with van der Waals surface area (Å²) in [6, 6.07) is 5.79. The van der Waals surface area contributed by atoms with Crippen molar-refractivity contribution in [1.82, 2.24) is 10.2 Å². The van der Waals surface area contributed by atoms with E-state index >= 15 is 0 Å². The smallest absolute Gasteiger partial charge is 0.308 e. The maximum Gasteiger partial charge on any atom is 0.308 e. The van der Waals surface area contributed by atoms with Crippen LogP contribution >= 0.6 is 0 Å². The number of nitrogens with one attached hydrogen (secondary N) is 2. The van der Waals surface area contributed by atoms with Crippen molar-refractivity contribution in [3.8, 4) is 0 Å². The van der Waals surface area contributed by atoms with Crippen LogP contribution in [-0.2, 0) is 33.3 Å². The maximum atomic E-state index is 14.1. The van der Waals surface area contributed by atoms with Crippen molar-refractivity contribution in [1.29, 1.82) is 0 Å². The van der Waals surface area contributed by atoms with Crippen molar-refractivity contribution in [2.24, 2.45) is 23.5 Å². The number of rotatable bonds is 14. The Labute approximate surface area is 518 Å². The van der Waals surface area contributed by atoms with Gasteiger partial charge in [-0.2, -0.15) is 0 Å². The van der Waals surface area contributed by atoms with Crippen LogP contribution in [0.4, 0.5) is 5.69 Å². The highest BCUT2D eigenvalue weighted by atomic mass is 16.7. The number of amides is 1. The number of esters is 1. The van der Waals surface area contributed by atoms with E-state index in [4.69, 9.17) is 24.7 Å². The first-order valence-electron chi connectivity index (χ1n) is 31.2. The van der Waals surface area contributed by atoms with Crippen molar-refractivity contribution >= 4 is 29.1 Å². The third-order valence-corrected chi connectivity index (χ3v) is 16.6. The van der Waals surface area contributed by atoms with E-state index in [0.717, 1.165) is 38.0 Å². The minimum Gasteiger partial charge on any atom is -0.461 e. The summed E-state index contributed by atoms with van der Waals surface area (Å²) < 4.78 is 24.4. The molecule has 1 aromatic carbocycles. The zero-order valence-corrected chi connectivity index (χ0v) is 51.5. The Morgan fingerprint density at radius 1 is 0.727 bits per heavy atom. The summed E-state index contributed by atoms with van der Waals surface area (Å²) in [6.07, 6.45) is 6.78. The van der Waals surface area contributed by atoms with Gasteiger partial charge in [-0.1, -0.05) is 105 Å². The molecule has 1 aromatic rings. The quantitative estimate of drug-likeness (QED) is 0.0939. The number of allylic oxidation sites excluding steroid dienone is 12. The van der Waals surface area contributed by atoms with Crippen LogP contribution < -0.4 is 16.4 Å². The fourth-order valence-electron chi connectivity index (χ4n) is 11.7. The Morgan fingerprint density at radius 2 is 1.31 bits per heavy atom. The number of carbonyl (C=O) groups excluding carboxylic acids is 4. The van der Waals surface area contributed by atoms with Crippen molar-refractivity contribution in [3.63, 3.8) is 0 Å². The lowest BCUT2D eigenvalue weighted by atomic mass is 9.82. The minimum atomic E-state index is -2.27. The number of anilines is 1. The van der Waals surface area contributed by atoms with Gasteiger partial charge in [0.2, 0.25) is 5.91 Å². The van der Waals surface area contributed by atoms with Gasteiger partial charge in [0.1, 0.15) is 18.0 Å². The number of likely N-dealkylation sites (tertiary alicyclic amines) is 1. The second-order valence-electron chi connectivity index (χ2n) is 24.3. The zero-order chi connectivity index (χ0) is 64.3. The molecule has 1 amide bonds. The number of ether oxygens (including phenoxy) is 4. The lowest BCUT2D eigenvalue weighted by Gasteiger charge is -2.46. The second-order valence-corrected chi connectivity index (χ2v) is 24.3. The van der Waals surface area contributed by atoms with E-state index in [0.29, 0.717) is 18.5 Å². The first-order chi connectivity index (χ1) is 41.9. The predicted octanol–water partition coefficient (Wildman–Crippen LogP) is 3.26. The summed E-state index contributed by atoms with van der Waals surface area (Å²) in [7, 11) is 1.77. The Kier molecular flexibility index (Phi) is 31.7. The number of nitrogens with two attached hydrogens (primary N) is 1. The molecule has 4 aliphatic heterocycles. The van der Waals surface area contributed by atoms with Gasteiger partial charge >= 0.3 is 5.97 Å². The Balaban J connectivity index is 1.35. The van der Waals surface area contributed by atoms with Crippen molar-refractivity contribution < 1.29 is 89.2 Å². The molecule has 22 nitrogen and oxygen atoms in total. The number of cyclic esters (lactones) is 1. The molecule has 0 saturated carbocycles. The highest BCUT2D eigenvalue weighted by Gasteiger charge is 2.51. The van der Waals surface area contributed by atoms with E-state index in [-0.39, 0.29) is 56.3 Å². The van der Waals surface area contributed by atoms with Gasteiger partial charge < -0.3 is 91.3 Å². The van der Waals surface area contributed by atoms with Crippen molar-refractivity contribution in [2.45, 2.75) is 215 Å². The normalized spacial score (nSPS) is 36.9. The van der Waals surface area contributed by atoms with E-state index in [1.807, 2.05) is 38.2 Å². The average Bonchev–Trinajstić information content (AvgIpc) is 0.946. The molecular weight excluding hydrogens is 1140 g/mol. The van der Waals surface area contributed by atoms with Crippen LogP contribution in [0.5, 0.6) is 0 Å². The maximum absolute atomic E-state index is 14.1. The molecule has 88 heavy (non-hydrogen) atoms. The molecule has 5 rings (SSSR count). The van der Waals surface area contributed by atoms with Gasteiger partial charge in [0.25, 0.3) is 0 Å². The third-order valence-electron chi connectivity index (χ3n) is 16.6. The minimum absolute atomic E-state index is 0.101. The highest BCUT2D eigenvalue weighted by Crippen LogP contribution is 2.38. The number of Topliss-reactive ketones (excluding diaryl/α,β-unsaturated/α-hetero) is 2. The molecule has 2 bridgehead atoms. The molecule has 4 heterocycles. The molecule has 19 atom stereocenters. The standard InChI is InChI=1S/C66H100N4O18/c1-42-20-16-13-11-9-7-5-6-8-10-12-14-17-21-54(86-65-62(82)60(67)61(81)44(3)85-65)39-57-59(64(83)69-28-31-70-29-18-15-19-30-70)56(79)41-66(84,88-57)40-53(77)36-51(75)34-49(73)32-48(72)33-50(74)35-52(76)38-58(80)87-63(42)43(2)22-27-47(71)37-55(78)45-23-25-46(68-4)26-24-45/h5-14,16-17,20-21,23-26,42-44,47-49,51-54,56-57,59-63,65,68,71-73,75-77,79,81-82,84H,15,18-19,22,27-41,67H2,1-4H3,(H,69,83)/b6-5-,9-7-,10-8+,13-11+,14-12+,20-16+,21-17+. The molecule has 14 N–H and O–H groups in total. The number of nitrogens with zero attached hydrogens (tertiary/aromatic N) is 1. The van der Waals surface area contributed by atoms with Gasteiger partial charge in [-0.05, 0) is 95.1 Å².